The minimum absolute atomic E-state index is 0.0627. The van der Waals surface area contributed by atoms with Crippen molar-refractivity contribution in [2.24, 2.45) is 5.92 Å². The van der Waals surface area contributed by atoms with Crippen molar-refractivity contribution in [3.63, 3.8) is 0 Å². The smallest absolute Gasteiger partial charge is 0.329 e. The lowest BCUT2D eigenvalue weighted by Gasteiger charge is -2.40. The molecule has 2 unspecified atom stereocenters. The fraction of sp³-hybridized carbons (Fsp3) is 0.650. The van der Waals surface area contributed by atoms with Gasteiger partial charge in [0, 0.05) is 26.1 Å². The molecule has 0 spiro atoms. The number of halogens is 1. The third-order valence-electron chi connectivity index (χ3n) is 5.83. The number of hydrogen-bond acceptors (Lipinski definition) is 6. The number of methoxy groups -OCH3 is 1. The number of alkyl halides is 1. The summed E-state index contributed by atoms with van der Waals surface area (Å²) in [4.78, 5) is 30.7. The Morgan fingerprint density at radius 2 is 2.00 bits per heavy atom. The maximum absolute atomic E-state index is 13.2. The molecule has 1 aliphatic heterocycles. The van der Waals surface area contributed by atoms with Crippen LogP contribution in [0.1, 0.15) is 43.6 Å². The number of pyridine rings is 1. The topological polar surface area (TPSA) is 101 Å². The molecular weight excluding hydrogens is 381 g/mol. The number of carboxylic acid groups (broad SMARTS) is 1. The minimum atomic E-state index is -1.35. The molecule has 0 bridgehead atoms. The average Bonchev–Trinajstić information content (AvgIpc) is 3.39. The molecule has 1 aromatic rings. The Labute approximate surface area is 169 Å². The van der Waals surface area contributed by atoms with Gasteiger partial charge in [-0.2, -0.15) is 0 Å². The highest BCUT2D eigenvalue weighted by atomic mass is 19.1. The Hall–Kier alpha value is -2.42. The Morgan fingerprint density at radius 1 is 1.34 bits per heavy atom. The van der Waals surface area contributed by atoms with E-state index in [1.54, 1.807) is 33.1 Å². The SMILES string of the molecule is CCC(CC)(NC(=O)c1ccc(N2CC(OC)C2)c(OCC2CC2F)n1)C(=O)O. The summed E-state index contributed by atoms with van der Waals surface area (Å²) in [6.45, 7) is 4.95. The van der Waals surface area contributed by atoms with Crippen LogP contribution >= 0.6 is 0 Å². The number of hydrogen-bond donors (Lipinski definition) is 2. The molecule has 9 heteroatoms. The number of nitrogens with one attached hydrogen (secondary N) is 1. The van der Waals surface area contributed by atoms with Gasteiger partial charge in [0.25, 0.3) is 5.91 Å². The van der Waals surface area contributed by atoms with E-state index in [-0.39, 0.29) is 43.0 Å². The molecule has 8 nitrogen and oxygen atoms in total. The average molecular weight is 409 g/mol. The summed E-state index contributed by atoms with van der Waals surface area (Å²) in [5, 5.41) is 12.1. The summed E-state index contributed by atoms with van der Waals surface area (Å²) in [5.41, 5.74) is -0.578. The van der Waals surface area contributed by atoms with Gasteiger partial charge in [0.2, 0.25) is 5.88 Å². The van der Waals surface area contributed by atoms with E-state index in [0.29, 0.717) is 25.2 Å². The molecule has 160 valence electrons. The van der Waals surface area contributed by atoms with Gasteiger partial charge in [-0.15, -0.1) is 0 Å². The summed E-state index contributed by atoms with van der Waals surface area (Å²) in [6.07, 6.45) is 0.237. The first-order valence-corrected chi connectivity index (χ1v) is 9.95. The van der Waals surface area contributed by atoms with Crippen LogP contribution in [0.4, 0.5) is 10.1 Å². The monoisotopic (exact) mass is 409 g/mol. The highest BCUT2D eigenvalue weighted by molar-refractivity contribution is 5.96. The second kappa shape index (κ2) is 8.52. The first-order chi connectivity index (χ1) is 13.8. The third-order valence-corrected chi connectivity index (χ3v) is 5.83. The lowest BCUT2D eigenvalue weighted by molar-refractivity contribution is -0.144. The normalized spacial score (nSPS) is 21.4. The minimum Gasteiger partial charge on any atom is -0.480 e. The van der Waals surface area contributed by atoms with Crippen molar-refractivity contribution in [3.8, 4) is 5.88 Å². The van der Waals surface area contributed by atoms with E-state index < -0.39 is 23.6 Å². The van der Waals surface area contributed by atoms with Crippen LogP contribution in [0.3, 0.4) is 0 Å². The van der Waals surface area contributed by atoms with Crippen molar-refractivity contribution < 1.29 is 28.6 Å². The predicted octanol–water partition coefficient (Wildman–Crippen LogP) is 2.03. The van der Waals surface area contributed by atoms with Crippen LogP contribution in [0.5, 0.6) is 5.88 Å². The number of anilines is 1. The van der Waals surface area contributed by atoms with Gasteiger partial charge >= 0.3 is 5.97 Å². The molecule has 0 radical (unpaired) electrons. The number of carbonyl (C=O) groups excluding carboxylic acids is 1. The molecule has 1 amide bonds. The zero-order valence-corrected chi connectivity index (χ0v) is 17.0. The van der Waals surface area contributed by atoms with Gasteiger partial charge in [0.15, 0.2) is 0 Å². The fourth-order valence-electron chi connectivity index (χ4n) is 3.32. The summed E-state index contributed by atoms with van der Waals surface area (Å²) in [5.74, 6) is -1.57. The number of carbonyl (C=O) groups is 2. The van der Waals surface area contributed by atoms with E-state index in [9.17, 15) is 19.1 Å². The zero-order valence-electron chi connectivity index (χ0n) is 17.0. The van der Waals surface area contributed by atoms with Crippen LogP contribution in [0, 0.1) is 5.92 Å². The number of carboxylic acids is 1. The first-order valence-electron chi connectivity index (χ1n) is 9.95. The quantitative estimate of drug-likeness (QED) is 0.610. The van der Waals surface area contributed by atoms with Crippen LogP contribution in [0.15, 0.2) is 12.1 Å². The lowest BCUT2D eigenvalue weighted by atomic mass is 9.92. The van der Waals surface area contributed by atoms with E-state index in [2.05, 4.69) is 10.3 Å². The Kier molecular flexibility index (Phi) is 6.26. The molecule has 2 atom stereocenters. The largest absolute Gasteiger partial charge is 0.480 e. The number of rotatable bonds is 10. The van der Waals surface area contributed by atoms with E-state index in [4.69, 9.17) is 9.47 Å². The van der Waals surface area contributed by atoms with Crippen LogP contribution in [0.2, 0.25) is 0 Å². The molecule has 3 rings (SSSR count). The predicted molar refractivity (Wildman–Crippen MR) is 104 cm³/mol. The van der Waals surface area contributed by atoms with Gasteiger partial charge in [-0.25, -0.2) is 14.2 Å². The Morgan fingerprint density at radius 3 is 2.52 bits per heavy atom. The van der Waals surface area contributed by atoms with Crippen LogP contribution in [-0.2, 0) is 9.53 Å². The molecule has 1 aromatic heterocycles. The molecule has 2 fully saturated rings. The number of amides is 1. The molecule has 1 saturated heterocycles. The molecule has 0 aromatic carbocycles. The van der Waals surface area contributed by atoms with Gasteiger partial charge in [-0.05, 0) is 31.4 Å². The van der Waals surface area contributed by atoms with Crippen molar-refractivity contribution in [2.75, 3.05) is 31.7 Å². The zero-order chi connectivity index (χ0) is 21.2. The molecule has 2 N–H and O–H groups in total. The lowest BCUT2D eigenvalue weighted by Crippen LogP contribution is -2.54. The van der Waals surface area contributed by atoms with Crippen LogP contribution in [0.25, 0.3) is 0 Å². The molecule has 2 heterocycles. The second-order valence-corrected chi connectivity index (χ2v) is 7.65. The maximum Gasteiger partial charge on any atom is 0.329 e. The van der Waals surface area contributed by atoms with Crippen LogP contribution < -0.4 is 15.0 Å². The van der Waals surface area contributed by atoms with E-state index in [0.717, 1.165) is 0 Å². The molecule has 1 saturated carbocycles. The Balaban J connectivity index is 1.79. The van der Waals surface area contributed by atoms with Gasteiger partial charge in [0.1, 0.15) is 23.1 Å². The van der Waals surface area contributed by atoms with Gasteiger partial charge in [-0.3, -0.25) is 4.79 Å². The van der Waals surface area contributed by atoms with Crippen LogP contribution in [-0.4, -0.2) is 66.6 Å². The fourth-order valence-corrected chi connectivity index (χ4v) is 3.32. The molecule has 29 heavy (non-hydrogen) atoms. The molecule has 1 aliphatic carbocycles. The third kappa shape index (κ3) is 4.44. The second-order valence-electron chi connectivity index (χ2n) is 7.65. The highest BCUT2D eigenvalue weighted by Crippen LogP contribution is 2.36. The summed E-state index contributed by atoms with van der Waals surface area (Å²) in [7, 11) is 1.65. The van der Waals surface area contributed by atoms with E-state index in [1.165, 1.54) is 0 Å². The van der Waals surface area contributed by atoms with E-state index in [1.807, 2.05) is 4.90 Å². The van der Waals surface area contributed by atoms with Crippen molar-refractivity contribution in [1.82, 2.24) is 10.3 Å². The first kappa shape index (κ1) is 21.3. The van der Waals surface area contributed by atoms with Gasteiger partial charge in [0.05, 0.1) is 12.7 Å². The standard InChI is InChI=1S/C20H28FN3O5/c1-4-20(5-2,19(26)27)23-17(25)15-6-7-16(24-9-13(10-24)28-3)18(22-15)29-11-12-8-14(12)21/h6-7,12-14H,4-5,8-11H2,1-3H3,(H,23,25)(H,26,27). The Bertz CT molecular complexity index is 764. The van der Waals surface area contributed by atoms with Crippen molar-refractivity contribution in [3.05, 3.63) is 17.8 Å². The maximum atomic E-state index is 13.2. The summed E-state index contributed by atoms with van der Waals surface area (Å²) in [6, 6.07) is 3.27. The number of nitrogens with zero attached hydrogens (tertiary/aromatic N) is 2. The number of aliphatic carboxylic acids is 1. The summed E-state index contributed by atoms with van der Waals surface area (Å²) < 4.78 is 24.3. The van der Waals surface area contributed by atoms with Gasteiger partial charge in [-0.1, -0.05) is 13.8 Å². The van der Waals surface area contributed by atoms with Crippen molar-refractivity contribution >= 4 is 17.6 Å². The number of ether oxygens (including phenoxy) is 2. The van der Waals surface area contributed by atoms with Gasteiger partial charge < -0.3 is 24.8 Å². The molecular formula is C20H28FN3O5. The number of aromatic nitrogens is 1. The summed E-state index contributed by atoms with van der Waals surface area (Å²) >= 11 is 0. The van der Waals surface area contributed by atoms with E-state index >= 15 is 0 Å². The van der Waals surface area contributed by atoms with Crippen molar-refractivity contribution in [2.45, 2.75) is 50.9 Å². The van der Waals surface area contributed by atoms with Crippen molar-refractivity contribution in [1.29, 1.82) is 0 Å². The highest BCUT2D eigenvalue weighted by Gasteiger charge is 2.39. The molecule has 2 aliphatic rings.